The lowest BCUT2D eigenvalue weighted by Crippen LogP contribution is -2.45. The molecule has 0 saturated carbocycles. The first-order valence-corrected chi connectivity index (χ1v) is 33.6. The molecule has 3 N–H and O–H groups in total. The highest BCUT2D eigenvalue weighted by Gasteiger charge is 2.18. The van der Waals surface area contributed by atoms with Crippen LogP contribution in [0.4, 0.5) is 0 Å². The van der Waals surface area contributed by atoms with E-state index in [1.807, 2.05) is 6.08 Å². The van der Waals surface area contributed by atoms with Crippen LogP contribution in [0.1, 0.15) is 386 Å². The van der Waals surface area contributed by atoms with E-state index in [9.17, 15) is 15.0 Å². The molecule has 0 aromatic heterocycles. The molecule has 1 amide bonds. The van der Waals surface area contributed by atoms with Gasteiger partial charge >= 0.3 is 0 Å². The van der Waals surface area contributed by atoms with Crippen LogP contribution in [0.2, 0.25) is 0 Å². The van der Waals surface area contributed by atoms with Crippen LogP contribution in [0.15, 0.2) is 24.3 Å². The van der Waals surface area contributed by atoms with Gasteiger partial charge in [0, 0.05) is 6.42 Å². The second kappa shape index (κ2) is 64.2. The Morgan fingerprint density at radius 2 is 0.542 bits per heavy atom. The van der Waals surface area contributed by atoms with Gasteiger partial charge in [-0.25, -0.2) is 0 Å². The predicted molar refractivity (Wildman–Crippen MR) is 322 cm³/mol. The SMILES string of the molecule is CCCCCCCCCCCCCCCCCCCCCCCCCC/C=C/CC/C=C/C(O)C(CO)NC(=O)CCCCCCCCCCCCCCCCCCCCCCCCCCCCCCCC. The first kappa shape index (κ1) is 70.9. The summed E-state index contributed by atoms with van der Waals surface area (Å²) in [4.78, 5) is 12.5. The van der Waals surface area contributed by atoms with E-state index in [0.29, 0.717) is 6.42 Å². The summed E-state index contributed by atoms with van der Waals surface area (Å²) < 4.78 is 0. The largest absolute Gasteiger partial charge is 0.394 e. The number of rotatable bonds is 63. The second-order valence-corrected chi connectivity index (χ2v) is 23.2. The van der Waals surface area contributed by atoms with E-state index < -0.39 is 12.1 Å². The average molecular weight is 1010 g/mol. The fourth-order valence-electron chi connectivity index (χ4n) is 10.8. The van der Waals surface area contributed by atoms with Gasteiger partial charge in [-0.15, -0.1) is 0 Å². The lowest BCUT2D eigenvalue weighted by molar-refractivity contribution is -0.123. The van der Waals surface area contributed by atoms with Crippen molar-refractivity contribution in [3.05, 3.63) is 24.3 Å². The summed E-state index contributed by atoms with van der Waals surface area (Å²) in [5, 5.41) is 23.2. The van der Waals surface area contributed by atoms with Crippen LogP contribution in [0, 0.1) is 0 Å². The minimum atomic E-state index is -0.861. The molecule has 0 bridgehead atoms. The van der Waals surface area contributed by atoms with Crippen molar-refractivity contribution in [2.45, 2.75) is 398 Å². The lowest BCUT2D eigenvalue weighted by atomic mass is 10.0. The van der Waals surface area contributed by atoms with Gasteiger partial charge in [0.05, 0.1) is 18.8 Å². The van der Waals surface area contributed by atoms with Gasteiger partial charge in [-0.05, 0) is 32.1 Å². The third-order valence-electron chi connectivity index (χ3n) is 15.9. The Kier molecular flexibility index (Phi) is 63.2. The highest BCUT2D eigenvalue weighted by atomic mass is 16.3. The molecule has 0 spiro atoms. The lowest BCUT2D eigenvalue weighted by Gasteiger charge is -2.19. The average Bonchev–Trinajstić information content (AvgIpc) is 3.39. The molecule has 4 nitrogen and oxygen atoms in total. The topological polar surface area (TPSA) is 69.6 Å². The summed E-state index contributed by atoms with van der Waals surface area (Å²) >= 11 is 0. The van der Waals surface area contributed by atoms with Crippen molar-refractivity contribution >= 4 is 5.91 Å². The zero-order valence-corrected chi connectivity index (χ0v) is 49.5. The highest BCUT2D eigenvalue weighted by Crippen LogP contribution is 2.19. The normalized spacial score (nSPS) is 12.8. The number of hydrogen-bond acceptors (Lipinski definition) is 3. The molecule has 0 saturated heterocycles. The third-order valence-corrected chi connectivity index (χ3v) is 15.9. The van der Waals surface area contributed by atoms with E-state index in [-0.39, 0.29) is 12.5 Å². The quantitative estimate of drug-likeness (QED) is 0.0420. The maximum atomic E-state index is 12.5. The number of amides is 1. The number of nitrogens with one attached hydrogen (secondary N) is 1. The standard InChI is InChI=1S/C68H133NO3/c1-3-5-7-9-11-13-15-17-19-21-23-25-27-29-31-33-35-37-39-41-43-45-47-49-51-53-55-57-59-61-63-67(71)66(65-70)69-68(72)64-62-60-58-56-54-52-50-48-46-44-42-40-38-36-34-32-30-28-26-24-22-20-18-16-14-12-10-8-6-4-2/h53,55,61,63,66-67,70-71H,3-52,54,56-60,62,64-65H2,1-2H3,(H,69,72)/b55-53+,63-61+. The number of unbranched alkanes of at least 4 members (excludes halogenated alkanes) is 54. The van der Waals surface area contributed by atoms with Gasteiger partial charge in [0.1, 0.15) is 0 Å². The molecule has 0 aliphatic heterocycles. The third kappa shape index (κ3) is 59.7. The van der Waals surface area contributed by atoms with E-state index in [1.165, 1.54) is 334 Å². The first-order valence-electron chi connectivity index (χ1n) is 33.6. The Hall–Kier alpha value is -1.13. The minimum absolute atomic E-state index is 0.0645. The Morgan fingerprint density at radius 3 is 0.806 bits per heavy atom. The smallest absolute Gasteiger partial charge is 0.220 e. The van der Waals surface area contributed by atoms with Crippen molar-refractivity contribution in [1.82, 2.24) is 5.32 Å². The molecule has 0 heterocycles. The van der Waals surface area contributed by atoms with E-state index in [2.05, 4.69) is 31.3 Å². The van der Waals surface area contributed by atoms with Crippen LogP contribution >= 0.6 is 0 Å². The van der Waals surface area contributed by atoms with Crippen molar-refractivity contribution in [2.24, 2.45) is 0 Å². The number of hydrogen-bond donors (Lipinski definition) is 3. The molecule has 2 unspecified atom stereocenters. The van der Waals surface area contributed by atoms with Crippen molar-refractivity contribution in [3.8, 4) is 0 Å². The van der Waals surface area contributed by atoms with Crippen molar-refractivity contribution in [1.29, 1.82) is 0 Å². The molecule has 0 rings (SSSR count). The summed E-state index contributed by atoms with van der Waals surface area (Å²) in [6.45, 7) is 4.35. The molecular formula is C68H133NO3. The van der Waals surface area contributed by atoms with Gasteiger partial charge in [-0.3, -0.25) is 4.79 Å². The Labute approximate surface area is 453 Å². The highest BCUT2D eigenvalue weighted by molar-refractivity contribution is 5.76. The minimum Gasteiger partial charge on any atom is -0.394 e. The maximum absolute atomic E-state index is 12.5. The molecular weight excluding hydrogens is 879 g/mol. The summed E-state index contributed by atoms with van der Waals surface area (Å²) in [7, 11) is 0. The van der Waals surface area contributed by atoms with E-state index in [4.69, 9.17) is 0 Å². The zero-order valence-electron chi connectivity index (χ0n) is 49.5. The van der Waals surface area contributed by atoms with Gasteiger partial charge in [0.25, 0.3) is 0 Å². The second-order valence-electron chi connectivity index (χ2n) is 23.2. The van der Waals surface area contributed by atoms with E-state index in [1.54, 1.807) is 6.08 Å². The molecule has 0 aliphatic carbocycles. The molecule has 0 aromatic carbocycles. The van der Waals surface area contributed by atoms with Crippen molar-refractivity contribution in [2.75, 3.05) is 6.61 Å². The van der Waals surface area contributed by atoms with Crippen LogP contribution in [0.5, 0.6) is 0 Å². The molecule has 72 heavy (non-hydrogen) atoms. The molecule has 428 valence electrons. The number of aliphatic hydroxyl groups excluding tert-OH is 2. The van der Waals surface area contributed by atoms with Crippen LogP contribution in [-0.2, 0) is 4.79 Å². The van der Waals surface area contributed by atoms with Gasteiger partial charge in [0.2, 0.25) is 5.91 Å². The predicted octanol–water partition coefficient (Wildman–Crippen LogP) is 22.6. The molecule has 0 aromatic rings. The molecule has 0 aliphatic rings. The van der Waals surface area contributed by atoms with E-state index in [0.717, 1.165) is 32.1 Å². The Morgan fingerprint density at radius 1 is 0.319 bits per heavy atom. The van der Waals surface area contributed by atoms with Crippen LogP contribution in [0.25, 0.3) is 0 Å². The fourth-order valence-corrected chi connectivity index (χ4v) is 10.8. The van der Waals surface area contributed by atoms with Crippen LogP contribution < -0.4 is 5.32 Å². The maximum Gasteiger partial charge on any atom is 0.220 e. The number of carbonyl (C=O) groups is 1. The van der Waals surface area contributed by atoms with Crippen LogP contribution in [0.3, 0.4) is 0 Å². The number of allylic oxidation sites excluding steroid dienone is 3. The van der Waals surface area contributed by atoms with Crippen molar-refractivity contribution < 1.29 is 15.0 Å². The van der Waals surface area contributed by atoms with Gasteiger partial charge in [-0.1, -0.05) is 372 Å². The van der Waals surface area contributed by atoms with Crippen LogP contribution in [-0.4, -0.2) is 34.9 Å². The summed E-state index contributed by atoms with van der Waals surface area (Å²) in [5.74, 6) is -0.0645. The zero-order chi connectivity index (χ0) is 52.0. The molecule has 0 radical (unpaired) electrons. The first-order chi connectivity index (χ1) is 35.7. The van der Waals surface area contributed by atoms with Crippen molar-refractivity contribution in [3.63, 3.8) is 0 Å². The number of carbonyl (C=O) groups excluding carboxylic acids is 1. The fraction of sp³-hybridized carbons (Fsp3) is 0.926. The monoisotopic (exact) mass is 1010 g/mol. The summed E-state index contributed by atoms with van der Waals surface area (Å²) in [6, 6.07) is -0.638. The van der Waals surface area contributed by atoms with Gasteiger partial charge in [0.15, 0.2) is 0 Å². The van der Waals surface area contributed by atoms with E-state index >= 15 is 0 Å². The number of aliphatic hydroxyl groups is 2. The Bertz CT molecular complexity index is 1060. The molecule has 0 fully saturated rings. The van der Waals surface area contributed by atoms with Gasteiger partial charge in [-0.2, -0.15) is 0 Å². The molecule has 2 atom stereocenters. The summed E-state index contributed by atoms with van der Waals surface area (Å²) in [5.41, 5.74) is 0. The Balaban J connectivity index is 3.44. The summed E-state index contributed by atoms with van der Waals surface area (Å²) in [6.07, 6.45) is 86.9. The molecule has 4 heteroatoms. The van der Waals surface area contributed by atoms with Gasteiger partial charge < -0.3 is 15.5 Å².